The van der Waals surface area contributed by atoms with Crippen molar-refractivity contribution < 1.29 is 9.94 Å². The van der Waals surface area contributed by atoms with Crippen LogP contribution in [-0.2, 0) is 0 Å². The fraction of sp³-hybridized carbons (Fsp3) is 0.143. The summed E-state index contributed by atoms with van der Waals surface area (Å²) in [5, 5.41) is 16.3. The van der Waals surface area contributed by atoms with Crippen molar-refractivity contribution in [3.63, 3.8) is 0 Å². The summed E-state index contributed by atoms with van der Waals surface area (Å²) < 4.78 is 4.97. The lowest BCUT2D eigenvalue weighted by molar-refractivity contribution is 0.154. The number of ether oxygens (including phenoxy) is 1. The average Bonchev–Trinajstić information content (AvgIpc) is 2.47. The van der Waals surface area contributed by atoms with Gasteiger partial charge in [-0.15, -0.1) is 5.10 Å². The summed E-state index contributed by atoms with van der Waals surface area (Å²) >= 11 is 0. The second-order valence-electron chi connectivity index (χ2n) is 2.33. The van der Waals surface area contributed by atoms with Crippen LogP contribution in [0.25, 0.3) is 11.0 Å². The van der Waals surface area contributed by atoms with E-state index in [9.17, 15) is 0 Å². The lowest BCUT2D eigenvalue weighted by Crippen LogP contribution is -1.91. The molecule has 2 rings (SSSR count). The molecule has 1 N–H and O–H groups in total. The number of benzene rings is 1. The number of hydrogen-bond donors (Lipinski definition) is 1. The summed E-state index contributed by atoms with van der Waals surface area (Å²) in [4.78, 5) is 0.720. The Labute approximate surface area is 68.1 Å². The summed E-state index contributed by atoms with van der Waals surface area (Å²) in [5.74, 6) is 0.667. The molecule has 5 nitrogen and oxygen atoms in total. The summed E-state index contributed by atoms with van der Waals surface area (Å²) in [6, 6.07) is 5.15. The average molecular weight is 165 g/mol. The van der Waals surface area contributed by atoms with Crippen LogP contribution in [0.3, 0.4) is 0 Å². The summed E-state index contributed by atoms with van der Waals surface area (Å²) in [7, 11) is 1.56. The molecule has 0 fully saturated rings. The molecule has 2 aromatic rings. The topological polar surface area (TPSA) is 60.2 Å². The van der Waals surface area contributed by atoms with E-state index in [4.69, 9.17) is 9.94 Å². The SMILES string of the molecule is COc1ccc2nnn(O)c2c1. The molecule has 1 heterocycles. The molecule has 0 saturated carbocycles. The molecule has 0 atom stereocenters. The maximum atomic E-state index is 9.12. The van der Waals surface area contributed by atoms with Crippen LogP contribution in [0.4, 0.5) is 0 Å². The van der Waals surface area contributed by atoms with Gasteiger partial charge in [-0.05, 0) is 17.3 Å². The van der Waals surface area contributed by atoms with Crippen LogP contribution in [0, 0.1) is 0 Å². The quantitative estimate of drug-likeness (QED) is 0.631. The van der Waals surface area contributed by atoms with E-state index in [1.165, 1.54) is 0 Å². The number of fused-ring (bicyclic) bond motifs is 1. The first kappa shape index (κ1) is 6.90. The van der Waals surface area contributed by atoms with Crippen LogP contribution in [0.15, 0.2) is 18.2 Å². The fourth-order valence-corrected chi connectivity index (χ4v) is 1.01. The van der Waals surface area contributed by atoms with Gasteiger partial charge in [0, 0.05) is 6.07 Å². The van der Waals surface area contributed by atoms with Crippen molar-refractivity contribution in [1.82, 2.24) is 15.2 Å². The van der Waals surface area contributed by atoms with E-state index in [1.54, 1.807) is 25.3 Å². The van der Waals surface area contributed by atoms with E-state index >= 15 is 0 Å². The van der Waals surface area contributed by atoms with Crippen LogP contribution in [0.5, 0.6) is 5.75 Å². The van der Waals surface area contributed by atoms with Crippen molar-refractivity contribution >= 4 is 11.0 Å². The molecule has 0 aliphatic rings. The van der Waals surface area contributed by atoms with Crippen LogP contribution in [0.2, 0.25) is 0 Å². The summed E-state index contributed by atoms with van der Waals surface area (Å²) in [6.07, 6.45) is 0. The number of methoxy groups -OCH3 is 1. The standard InChI is InChI=1S/C7H7N3O2/c1-12-5-2-3-6-7(4-5)10(11)9-8-6/h2-4,11H,1H3. The molecule has 5 heteroatoms. The lowest BCUT2D eigenvalue weighted by atomic mass is 10.3. The number of aromatic nitrogens is 3. The highest BCUT2D eigenvalue weighted by atomic mass is 16.5. The van der Waals surface area contributed by atoms with Gasteiger partial charge in [-0.25, -0.2) is 0 Å². The first-order chi connectivity index (χ1) is 5.81. The highest BCUT2D eigenvalue weighted by Gasteiger charge is 2.03. The molecule has 1 aromatic carbocycles. The zero-order valence-corrected chi connectivity index (χ0v) is 6.43. The van der Waals surface area contributed by atoms with Gasteiger partial charge in [-0.2, -0.15) is 0 Å². The third-order valence-corrected chi connectivity index (χ3v) is 1.64. The van der Waals surface area contributed by atoms with Gasteiger partial charge in [0.25, 0.3) is 0 Å². The zero-order chi connectivity index (χ0) is 8.55. The van der Waals surface area contributed by atoms with E-state index < -0.39 is 0 Å². The van der Waals surface area contributed by atoms with Crippen molar-refractivity contribution in [1.29, 1.82) is 0 Å². The normalized spacial score (nSPS) is 10.4. The summed E-state index contributed by atoms with van der Waals surface area (Å²) in [6.45, 7) is 0. The van der Waals surface area contributed by atoms with E-state index in [0.29, 0.717) is 16.8 Å². The second-order valence-corrected chi connectivity index (χ2v) is 2.33. The Morgan fingerprint density at radius 2 is 2.33 bits per heavy atom. The summed E-state index contributed by atoms with van der Waals surface area (Å²) in [5.41, 5.74) is 1.17. The van der Waals surface area contributed by atoms with Crippen molar-refractivity contribution in [2.75, 3.05) is 7.11 Å². The molecule has 0 amide bonds. The van der Waals surface area contributed by atoms with E-state index in [0.717, 1.165) is 4.85 Å². The highest BCUT2D eigenvalue weighted by Crippen LogP contribution is 2.17. The maximum absolute atomic E-state index is 9.12. The predicted molar refractivity (Wildman–Crippen MR) is 41.3 cm³/mol. The third-order valence-electron chi connectivity index (χ3n) is 1.64. The minimum Gasteiger partial charge on any atom is -0.497 e. The minimum atomic E-state index is 0.536. The van der Waals surface area contributed by atoms with Gasteiger partial charge in [0.05, 0.1) is 7.11 Å². The van der Waals surface area contributed by atoms with Crippen LogP contribution in [0.1, 0.15) is 0 Å². The molecule has 0 bridgehead atoms. The first-order valence-corrected chi connectivity index (χ1v) is 3.40. The molecule has 0 aliphatic carbocycles. The van der Waals surface area contributed by atoms with Gasteiger partial charge >= 0.3 is 0 Å². The van der Waals surface area contributed by atoms with Crippen LogP contribution < -0.4 is 4.74 Å². The number of nitrogens with zero attached hydrogens (tertiary/aromatic N) is 3. The Kier molecular flexibility index (Phi) is 1.36. The minimum absolute atomic E-state index is 0.536. The predicted octanol–water partition coefficient (Wildman–Crippen LogP) is 0.677. The number of rotatable bonds is 1. The third kappa shape index (κ3) is 0.868. The van der Waals surface area contributed by atoms with Gasteiger partial charge in [0.1, 0.15) is 16.8 Å². The highest BCUT2D eigenvalue weighted by molar-refractivity contribution is 5.75. The molecule has 0 unspecified atom stereocenters. The Bertz CT molecular complexity index is 410. The van der Waals surface area contributed by atoms with Gasteiger partial charge in [0.15, 0.2) is 0 Å². The van der Waals surface area contributed by atoms with Crippen molar-refractivity contribution in [3.8, 4) is 5.75 Å². The van der Waals surface area contributed by atoms with Crippen LogP contribution >= 0.6 is 0 Å². The number of hydrogen-bond acceptors (Lipinski definition) is 4. The fourth-order valence-electron chi connectivity index (χ4n) is 1.01. The molecular weight excluding hydrogens is 158 g/mol. The van der Waals surface area contributed by atoms with Crippen molar-refractivity contribution in [3.05, 3.63) is 18.2 Å². The smallest absolute Gasteiger partial charge is 0.134 e. The van der Waals surface area contributed by atoms with E-state index in [1.807, 2.05) is 0 Å². The second kappa shape index (κ2) is 2.37. The molecule has 0 saturated heterocycles. The largest absolute Gasteiger partial charge is 0.497 e. The first-order valence-electron chi connectivity index (χ1n) is 3.40. The van der Waals surface area contributed by atoms with Crippen molar-refractivity contribution in [2.24, 2.45) is 0 Å². The zero-order valence-electron chi connectivity index (χ0n) is 6.43. The molecule has 0 aliphatic heterocycles. The maximum Gasteiger partial charge on any atom is 0.134 e. The monoisotopic (exact) mass is 165 g/mol. The van der Waals surface area contributed by atoms with Gasteiger partial charge in [-0.1, -0.05) is 4.85 Å². The van der Waals surface area contributed by atoms with Crippen molar-refractivity contribution in [2.45, 2.75) is 0 Å². The van der Waals surface area contributed by atoms with Gasteiger partial charge in [-0.3, -0.25) is 0 Å². The molecule has 12 heavy (non-hydrogen) atoms. The molecule has 0 radical (unpaired) electrons. The van der Waals surface area contributed by atoms with Gasteiger partial charge < -0.3 is 9.94 Å². The molecule has 0 spiro atoms. The Morgan fingerprint density at radius 3 is 3.08 bits per heavy atom. The van der Waals surface area contributed by atoms with E-state index in [-0.39, 0.29) is 0 Å². The Morgan fingerprint density at radius 1 is 1.50 bits per heavy atom. The van der Waals surface area contributed by atoms with E-state index in [2.05, 4.69) is 10.3 Å². The lowest BCUT2D eigenvalue weighted by Gasteiger charge is -1.97. The Hall–Kier alpha value is -1.78. The molecule has 1 aromatic heterocycles. The van der Waals surface area contributed by atoms with Gasteiger partial charge in [0.2, 0.25) is 0 Å². The Balaban J connectivity index is 2.71. The molecule has 62 valence electrons. The van der Waals surface area contributed by atoms with Crippen LogP contribution in [-0.4, -0.2) is 27.5 Å². The molecular formula is C7H7N3O2.